The molecule has 2 heterocycles. The summed E-state index contributed by atoms with van der Waals surface area (Å²) in [5.41, 5.74) is 4.22. The molecule has 1 aromatic heterocycles. The van der Waals surface area contributed by atoms with Gasteiger partial charge in [-0.25, -0.2) is 4.98 Å². The number of imidazole rings is 1. The van der Waals surface area contributed by atoms with Crippen molar-refractivity contribution in [3.63, 3.8) is 0 Å². The van der Waals surface area contributed by atoms with Gasteiger partial charge in [0.2, 0.25) is 0 Å². The number of H-pyrrole nitrogens is 1. The lowest BCUT2D eigenvalue weighted by atomic mass is 10.1. The normalized spacial score (nSPS) is 15.2. The molecule has 0 spiro atoms. The van der Waals surface area contributed by atoms with Crippen LogP contribution in [0.3, 0.4) is 0 Å². The average molecular weight is 365 g/mol. The highest BCUT2D eigenvalue weighted by Crippen LogP contribution is 2.32. The van der Waals surface area contributed by atoms with Gasteiger partial charge in [0, 0.05) is 12.1 Å². The molecule has 5 nitrogen and oxygen atoms in total. The van der Waals surface area contributed by atoms with E-state index in [4.69, 9.17) is 14.5 Å². The smallest absolute Gasteiger partial charge is 0.161 e. The predicted molar refractivity (Wildman–Crippen MR) is 109 cm³/mol. The molecule has 0 radical (unpaired) electrons. The van der Waals surface area contributed by atoms with Crippen molar-refractivity contribution >= 4 is 11.0 Å². The summed E-state index contributed by atoms with van der Waals surface area (Å²) in [6, 6.07) is 12.2. The molecule has 0 saturated carbocycles. The standard InChI is InChI=1S/C22H27N3O2/c1-16-6-8-18-19(14-16)24-22(23-18)17-7-9-20(21(15-17)26-2)27-13-12-25-10-4-3-5-11-25/h6-9,14-15H,3-5,10-13H2,1-2H3,(H,23,24). The maximum absolute atomic E-state index is 6.00. The number of methoxy groups -OCH3 is 1. The molecule has 27 heavy (non-hydrogen) atoms. The largest absolute Gasteiger partial charge is 0.493 e. The summed E-state index contributed by atoms with van der Waals surface area (Å²) < 4.78 is 11.6. The van der Waals surface area contributed by atoms with Gasteiger partial charge < -0.3 is 14.5 Å². The molecule has 142 valence electrons. The Morgan fingerprint density at radius 3 is 2.70 bits per heavy atom. The van der Waals surface area contributed by atoms with Crippen molar-refractivity contribution in [1.29, 1.82) is 0 Å². The van der Waals surface area contributed by atoms with Crippen molar-refractivity contribution in [2.45, 2.75) is 26.2 Å². The van der Waals surface area contributed by atoms with Gasteiger partial charge in [-0.15, -0.1) is 0 Å². The number of likely N-dealkylation sites (tertiary alicyclic amines) is 1. The van der Waals surface area contributed by atoms with Gasteiger partial charge >= 0.3 is 0 Å². The van der Waals surface area contributed by atoms with Crippen LogP contribution in [0.25, 0.3) is 22.4 Å². The minimum Gasteiger partial charge on any atom is -0.493 e. The second kappa shape index (κ2) is 8.01. The van der Waals surface area contributed by atoms with Crippen molar-refractivity contribution < 1.29 is 9.47 Å². The number of nitrogens with one attached hydrogen (secondary N) is 1. The number of hydrogen-bond donors (Lipinski definition) is 1. The lowest BCUT2D eigenvalue weighted by molar-refractivity contribution is 0.180. The number of aromatic amines is 1. The maximum atomic E-state index is 6.00. The van der Waals surface area contributed by atoms with Gasteiger partial charge in [-0.1, -0.05) is 12.5 Å². The zero-order chi connectivity index (χ0) is 18.6. The van der Waals surface area contributed by atoms with Gasteiger partial charge in [0.25, 0.3) is 0 Å². The van der Waals surface area contributed by atoms with Crippen molar-refractivity contribution in [2.24, 2.45) is 0 Å². The van der Waals surface area contributed by atoms with E-state index in [1.165, 1.54) is 37.9 Å². The maximum Gasteiger partial charge on any atom is 0.161 e. The summed E-state index contributed by atoms with van der Waals surface area (Å²) in [5, 5.41) is 0. The van der Waals surface area contributed by atoms with E-state index in [0.29, 0.717) is 6.61 Å². The van der Waals surface area contributed by atoms with Gasteiger partial charge in [-0.2, -0.15) is 0 Å². The molecule has 1 aliphatic heterocycles. The van der Waals surface area contributed by atoms with Crippen LogP contribution in [-0.2, 0) is 0 Å². The highest BCUT2D eigenvalue weighted by atomic mass is 16.5. The van der Waals surface area contributed by atoms with Crippen molar-refractivity contribution in [1.82, 2.24) is 14.9 Å². The fourth-order valence-electron chi connectivity index (χ4n) is 3.66. The Morgan fingerprint density at radius 1 is 1.04 bits per heavy atom. The molecule has 1 saturated heterocycles. The van der Waals surface area contributed by atoms with Gasteiger partial charge in [-0.05, 0) is 68.8 Å². The van der Waals surface area contributed by atoms with E-state index >= 15 is 0 Å². The lowest BCUT2D eigenvalue weighted by Gasteiger charge is -2.26. The monoisotopic (exact) mass is 365 g/mol. The molecule has 5 heteroatoms. The molecule has 0 atom stereocenters. The molecule has 1 N–H and O–H groups in total. The van der Waals surface area contributed by atoms with Gasteiger partial charge in [0.1, 0.15) is 12.4 Å². The van der Waals surface area contributed by atoms with E-state index in [1.54, 1.807) is 7.11 Å². The Morgan fingerprint density at radius 2 is 1.89 bits per heavy atom. The Balaban J connectivity index is 1.48. The third-order valence-electron chi connectivity index (χ3n) is 5.19. The Bertz CT molecular complexity index is 913. The fourth-order valence-corrected chi connectivity index (χ4v) is 3.66. The van der Waals surface area contributed by atoms with Crippen LogP contribution in [0.15, 0.2) is 36.4 Å². The topological polar surface area (TPSA) is 50.4 Å². The highest BCUT2D eigenvalue weighted by Gasteiger charge is 2.13. The Hall–Kier alpha value is -2.53. The fraction of sp³-hybridized carbons (Fsp3) is 0.409. The van der Waals surface area contributed by atoms with Gasteiger partial charge in [0.05, 0.1) is 18.1 Å². The SMILES string of the molecule is COc1cc(-c2nc3ccc(C)cc3[nH]2)ccc1OCCN1CCCCC1. The number of hydrogen-bond acceptors (Lipinski definition) is 4. The van der Waals surface area contributed by atoms with Crippen molar-refractivity contribution in [3.05, 3.63) is 42.0 Å². The molecular formula is C22H27N3O2. The Kier molecular flexibility index (Phi) is 5.30. The van der Waals surface area contributed by atoms with Crippen LogP contribution >= 0.6 is 0 Å². The number of fused-ring (bicyclic) bond motifs is 1. The average Bonchev–Trinajstić information content (AvgIpc) is 3.12. The second-order valence-electron chi connectivity index (χ2n) is 7.22. The first-order valence-electron chi connectivity index (χ1n) is 9.73. The zero-order valence-electron chi connectivity index (χ0n) is 16.1. The lowest BCUT2D eigenvalue weighted by Crippen LogP contribution is -2.33. The first-order chi connectivity index (χ1) is 13.2. The first kappa shape index (κ1) is 17.9. The van der Waals surface area contributed by atoms with E-state index in [-0.39, 0.29) is 0 Å². The van der Waals surface area contributed by atoms with Crippen molar-refractivity contribution in [2.75, 3.05) is 33.4 Å². The third-order valence-corrected chi connectivity index (χ3v) is 5.19. The van der Waals surface area contributed by atoms with Crippen LogP contribution in [0, 0.1) is 6.92 Å². The number of aromatic nitrogens is 2. The summed E-state index contributed by atoms with van der Waals surface area (Å²) in [5.74, 6) is 2.36. The van der Waals surface area contributed by atoms with Crippen LogP contribution in [-0.4, -0.2) is 48.2 Å². The third kappa shape index (κ3) is 4.08. The summed E-state index contributed by atoms with van der Waals surface area (Å²) in [4.78, 5) is 10.6. The predicted octanol–water partition coefficient (Wildman–Crippen LogP) is 4.41. The van der Waals surface area contributed by atoms with Crippen LogP contribution in [0.1, 0.15) is 24.8 Å². The Labute approximate surface area is 160 Å². The summed E-state index contributed by atoms with van der Waals surface area (Å²) in [6.07, 6.45) is 3.96. The zero-order valence-corrected chi connectivity index (χ0v) is 16.1. The van der Waals surface area contributed by atoms with Crippen LogP contribution in [0.4, 0.5) is 0 Å². The molecule has 1 fully saturated rings. The number of rotatable bonds is 6. The molecule has 0 bridgehead atoms. The second-order valence-corrected chi connectivity index (χ2v) is 7.22. The molecular weight excluding hydrogens is 338 g/mol. The number of aryl methyl sites for hydroxylation is 1. The molecule has 0 amide bonds. The quantitative estimate of drug-likeness (QED) is 0.703. The van der Waals surface area contributed by atoms with E-state index in [1.807, 2.05) is 24.3 Å². The summed E-state index contributed by atoms with van der Waals surface area (Å²) >= 11 is 0. The molecule has 3 aromatic rings. The van der Waals surface area contributed by atoms with E-state index in [2.05, 4.69) is 28.9 Å². The minimum absolute atomic E-state index is 0.680. The van der Waals surface area contributed by atoms with Gasteiger partial charge in [0.15, 0.2) is 11.5 Å². The van der Waals surface area contributed by atoms with E-state index in [0.717, 1.165) is 40.5 Å². The summed E-state index contributed by atoms with van der Waals surface area (Å²) in [6.45, 7) is 6.10. The number of nitrogens with zero attached hydrogens (tertiary/aromatic N) is 2. The van der Waals surface area contributed by atoms with E-state index < -0.39 is 0 Å². The van der Waals surface area contributed by atoms with Gasteiger partial charge in [-0.3, -0.25) is 4.90 Å². The molecule has 0 aliphatic carbocycles. The minimum atomic E-state index is 0.680. The molecule has 4 rings (SSSR count). The molecule has 2 aromatic carbocycles. The van der Waals surface area contributed by atoms with Crippen molar-refractivity contribution in [3.8, 4) is 22.9 Å². The number of piperidine rings is 1. The van der Waals surface area contributed by atoms with E-state index in [9.17, 15) is 0 Å². The highest BCUT2D eigenvalue weighted by molar-refractivity contribution is 5.80. The first-order valence-corrected chi connectivity index (χ1v) is 9.73. The molecule has 0 unspecified atom stereocenters. The van der Waals surface area contributed by atoms with Crippen LogP contribution in [0.2, 0.25) is 0 Å². The molecule has 1 aliphatic rings. The number of benzene rings is 2. The number of ether oxygens (including phenoxy) is 2. The van der Waals surface area contributed by atoms with Crippen LogP contribution in [0.5, 0.6) is 11.5 Å². The summed E-state index contributed by atoms with van der Waals surface area (Å²) in [7, 11) is 1.68. The van der Waals surface area contributed by atoms with Crippen LogP contribution < -0.4 is 9.47 Å².